The molecule has 0 aliphatic heterocycles. The van der Waals surface area contributed by atoms with Gasteiger partial charge in [-0.25, -0.2) is 4.68 Å². The number of nitrogens with zero attached hydrogens (tertiary/aromatic N) is 4. The molecule has 2 aromatic carbocycles. The van der Waals surface area contributed by atoms with Crippen molar-refractivity contribution in [2.24, 2.45) is 5.10 Å². The van der Waals surface area contributed by atoms with Crippen molar-refractivity contribution >= 4 is 6.21 Å². The summed E-state index contributed by atoms with van der Waals surface area (Å²) in [5.74, 6) is 1.62. The quantitative estimate of drug-likeness (QED) is 0.407. The van der Waals surface area contributed by atoms with E-state index in [2.05, 4.69) is 15.3 Å². The second-order valence-electron chi connectivity index (χ2n) is 5.78. The second kappa shape index (κ2) is 10.1. The third-order valence-corrected chi connectivity index (χ3v) is 3.62. The summed E-state index contributed by atoms with van der Waals surface area (Å²) in [6.45, 7) is 4.04. The van der Waals surface area contributed by atoms with E-state index in [1.807, 2.05) is 55.5 Å². The fraction of sp³-hybridized carbons (Fsp3) is 0.250. The minimum absolute atomic E-state index is 0.469. The van der Waals surface area contributed by atoms with Crippen LogP contribution in [0.25, 0.3) is 0 Å². The zero-order valence-electron chi connectivity index (χ0n) is 15.2. The zero-order valence-corrected chi connectivity index (χ0v) is 15.2. The molecule has 3 aromatic rings. The van der Waals surface area contributed by atoms with Gasteiger partial charge in [-0.3, -0.25) is 0 Å². The van der Waals surface area contributed by atoms with Crippen LogP contribution < -0.4 is 9.47 Å². The number of aromatic nitrogens is 3. The molecule has 0 bridgehead atoms. The van der Waals surface area contributed by atoms with Crippen LogP contribution in [-0.4, -0.2) is 47.5 Å². The molecule has 0 radical (unpaired) electrons. The maximum Gasteiger partial charge on any atom is 0.141 e. The highest BCUT2D eigenvalue weighted by Gasteiger charge is 1.97. The molecular formula is C20H22N4O3. The molecule has 0 unspecified atom stereocenters. The topological polar surface area (TPSA) is 70.8 Å². The Labute approximate surface area is 158 Å². The van der Waals surface area contributed by atoms with Crippen LogP contribution in [0.1, 0.15) is 11.1 Å². The maximum absolute atomic E-state index is 5.70. The highest BCUT2D eigenvalue weighted by Crippen LogP contribution is 2.12. The van der Waals surface area contributed by atoms with E-state index < -0.39 is 0 Å². The monoisotopic (exact) mass is 366 g/mol. The summed E-state index contributed by atoms with van der Waals surface area (Å²) in [6, 6.07) is 15.6. The minimum atomic E-state index is 0.469. The summed E-state index contributed by atoms with van der Waals surface area (Å²) in [6.07, 6.45) is 4.77. The summed E-state index contributed by atoms with van der Waals surface area (Å²) >= 11 is 0. The third kappa shape index (κ3) is 6.56. The highest BCUT2D eigenvalue weighted by atomic mass is 16.5. The Balaban J connectivity index is 1.32. The number of aryl methyl sites for hydroxylation is 1. The van der Waals surface area contributed by atoms with Crippen molar-refractivity contribution in [3.8, 4) is 11.5 Å². The average molecular weight is 366 g/mol. The van der Waals surface area contributed by atoms with Gasteiger partial charge in [0.1, 0.15) is 37.4 Å². The van der Waals surface area contributed by atoms with Crippen molar-refractivity contribution < 1.29 is 14.2 Å². The normalized spacial score (nSPS) is 11.0. The SMILES string of the molecule is Cc1ccc(OCCOCCOc2cccc(C=Nn3cnnc3)c2)cc1. The molecular weight excluding hydrogens is 344 g/mol. The molecule has 0 N–H and O–H groups in total. The maximum atomic E-state index is 5.70. The Kier molecular flexibility index (Phi) is 6.94. The van der Waals surface area contributed by atoms with Crippen molar-refractivity contribution in [2.45, 2.75) is 6.92 Å². The van der Waals surface area contributed by atoms with Crippen molar-refractivity contribution in [2.75, 3.05) is 26.4 Å². The van der Waals surface area contributed by atoms with Crippen molar-refractivity contribution in [3.63, 3.8) is 0 Å². The molecule has 3 rings (SSSR count). The van der Waals surface area contributed by atoms with E-state index in [1.54, 1.807) is 6.21 Å². The fourth-order valence-electron chi connectivity index (χ4n) is 2.25. The van der Waals surface area contributed by atoms with E-state index in [0.29, 0.717) is 26.4 Å². The number of ether oxygens (including phenoxy) is 3. The van der Waals surface area contributed by atoms with Gasteiger partial charge in [-0.2, -0.15) is 5.10 Å². The minimum Gasteiger partial charge on any atom is -0.491 e. The average Bonchev–Trinajstić information content (AvgIpc) is 3.21. The molecule has 0 saturated heterocycles. The Morgan fingerprint density at radius 3 is 2.33 bits per heavy atom. The lowest BCUT2D eigenvalue weighted by Crippen LogP contribution is -2.12. The van der Waals surface area contributed by atoms with E-state index >= 15 is 0 Å². The van der Waals surface area contributed by atoms with Crippen LogP contribution >= 0.6 is 0 Å². The highest BCUT2D eigenvalue weighted by molar-refractivity contribution is 5.80. The van der Waals surface area contributed by atoms with E-state index in [-0.39, 0.29) is 0 Å². The Bertz CT molecular complexity index is 833. The number of rotatable bonds is 10. The van der Waals surface area contributed by atoms with Gasteiger partial charge in [-0.15, -0.1) is 10.2 Å². The Morgan fingerprint density at radius 2 is 1.59 bits per heavy atom. The molecule has 0 aliphatic carbocycles. The third-order valence-electron chi connectivity index (χ3n) is 3.62. The van der Waals surface area contributed by atoms with Crippen LogP contribution in [0.4, 0.5) is 0 Å². The van der Waals surface area contributed by atoms with Gasteiger partial charge in [0.2, 0.25) is 0 Å². The molecule has 7 heteroatoms. The van der Waals surface area contributed by atoms with Gasteiger partial charge in [0.15, 0.2) is 0 Å². The Hall–Kier alpha value is -3.19. The van der Waals surface area contributed by atoms with Crippen LogP contribution in [0, 0.1) is 6.92 Å². The first kappa shape index (κ1) is 18.6. The molecule has 0 spiro atoms. The van der Waals surface area contributed by atoms with Crippen molar-refractivity contribution in [1.29, 1.82) is 0 Å². The second-order valence-corrected chi connectivity index (χ2v) is 5.78. The van der Waals surface area contributed by atoms with Crippen LogP contribution in [0.2, 0.25) is 0 Å². The molecule has 7 nitrogen and oxygen atoms in total. The first-order chi connectivity index (χ1) is 13.3. The summed E-state index contributed by atoms with van der Waals surface area (Å²) in [5, 5.41) is 11.6. The molecule has 0 amide bonds. The molecule has 0 fully saturated rings. The molecule has 1 heterocycles. The molecule has 140 valence electrons. The van der Waals surface area contributed by atoms with Gasteiger partial charge in [0, 0.05) is 0 Å². The van der Waals surface area contributed by atoms with Gasteiger partial charge >= 0.3 is 0 Å². The predicted molar refractivity (Wildman–Crippen MR) is 102 cm³/mol. The molecule has 0 aliphatic rings. The van der Waals surface area contributed by atoms with Crippen LogP contribution in [0.3, 0.4) is 0 Å². The van der Waals surface area contributed by atoms with Gasteiger partial charge < -0.3 is 14.2 Å². The smallest absolute Gasteiger partial charge is 0.141 e. The standard InChI is InChI=1S/C20H22N4O3/c1-17-5-7-19(8-6-17)26-11-9-25-10-12-27-20-4-2-3-18(13-20)14-23-24-15-21-22-16-24/h2-8,13-16H,9-12H2,1H3. The predicted octanol–water partition coefficient (Wildman–Crippen LogP) is 2.94. The molecule has 1 aromatic heterocycles. The van der Waals surface area contributed by atoms with Crippen molar-refractivity contribution in [3.05, 3.63) is 72.3 Å². The lowest BCUT2D eigenvalue weighted by Gasteiger charge is -2.09. The van der Waals surface area contributed by atoms with Gasteiger partial charge in [-0.05, 0) is 36.8 Å². The van der Waals surface area contributed by atoms with E-state index in [1.165, 1.54) is 22.9 Å². The van der Waals surface area contributed by atoms with Crippen LogP contribution in [0.15, 0.2) is 66.3 Å². The summed E-state index contributed by atoms with van der Waals surface area (Å²) in [4.78, 5) is 0. The molecule has 0 atom stereocenters. The molecule has 27 heavy (non-hydrogen) atoms. The first-order valence-corrected chi connectivity index (χ1v) is 8.69. The fourth-order valence-corrected chi connectivity index (χ4v) is 2.25. The van der Waals surface area contributed by atoms with Crippen LogP contribution in [-0.2, 0) is 4.74 Å². The lowest BCUT2D eigenvalue weighted by atomic mass is 10.2. The summed E-state index contributed by atoms with van der Waals surface area (Å²) in [7, 11) is 0. The Morgan fingerprint density at radius 1 is 0.889 bits per heavy atom. The number of hydrogen-bond acceptors (Lipinski definition) is 6. The zero-order chi connectivity index (χ0) is 18.7. The number of benzene rings is 2. The van der Waals surface area contributed by atoms with Gasteiger partial charge in [0.05, 0.1) is 19.4 Å². The largest absolute Gasteiger partial charge is 0.491 e. The van der Waals surface area contributed by atoms with Gasteiger partial charge in [0.25, 0.3) is 0 Å². The first-order valence-electron chi connectivity index (χ1n) is 8.69. The number of hydrogen-bond donors (Lipinski definition) is 0. The molecule has 0 saturated carbocycles. The van der Waals surface area contributed by atoms with Crippen molar-refractivity contribution in [1.82, 2.24) is 14.9 Å². The van der Waals surface area contributed by atoms with Gasteiger partial charge in [-0.1, -0.05) is 29.8 Å². The van der Waals surface area contributed by atoms with E-state index in [4.69, 9.17) is 14.2 Å². The van der Waals surface area contributed by atoms with E-state index in [0.717, 1.165) is 17.1 Å². The van der Waals surface area contributed by atoms with Crippen LogP contribution in [0.5, 0.6) is 11.5 Å². The summed E-state index contributed by atoms with van der Waals surface area (Å²) < 4.78 is 18.4. The summed E-state index contributed by atoms with van der Waals surface area (Å²) in [5.41, 5.74) is 2.14. The van der Waals surface area contributed by atoms with E-state index in [9.17, 15) is 0 Å². The lowest BCUT2D eigenvalue weighted by molar-refractivity contribution is 0.0764.